The van der Waals surface area contributed by atoms with E-state index in [-0.39, 0.29) is 124 Å². The van der Waals surface area contributed by atoms with Gasteiger partial charge in [-0.05, 0) is 384 Å². The minimum absolute atomic E-state index is 0.00636. The molecular weight excluding hydrogens is 1590 g/mol. The Labute approximate surface area is 749 Å². The Morgan fingerprint density at radius 2 is 0.904 bits per heavy atom. The summed E-state index contributed by atoms with van der Waals surface area (Å²) in [5.74, 6) is 7.99. The number of esters is 10. The van der Waals surface area contributed by atoms with Crippen LogP contribution in [0.3, 0.4) is 0 Å². The van der Waals surface area contributed by atoms with Crippen molar-refractivity contribution >= 4 is 59.7 Å². The van der Waals surface area contributed by atoms with E-state index in [1.807, 2.05) is 90.0 Å². The van der Waals surface area contributed by atoms with Crippen LogP contribution in [-0.2, 0) is 100 Å². The van der Waals surface area contributed by atoms with E-state index in [1.165, 1.54) is 89.9 Å². The van der Waals surface area contributed by atoms with E-state index in [4.69, 9.17) is 52.1 Å². The SMILES string of the molecule is CCC(C)(C)C(=O)OC1(CC)C2CC3CC(C2)CC1C3.CCC(C)(C)C(=O)OC12CC3CC(CC(O)(C3)C1)C2.CCC(C)(C)C(=O)OC1C2CC3CC1CC(C(=O)OCOCC1C4CC5CC(C4)CC1C5)(C3)C2.CCC(C)(C)C(=O)OC1CCOC1=O.CCC(C)(C)C(=O)OCC(=O)OC1C2CC3C(=O)OC1C3C2.CCC1(OC(=O)C(C)(C)CC)CCCCC1. The molecule has 0 amide bonds. The van der Waals surface area contributed by atoms with E-state index < -0.39 is 51.3 Å². The van der Waals surface area contributed by atoms with Crippen LogP contribution in [0.15, 0.2) is 0 Å². The van der Waals surface area contributed by atoms with Gasteiger partial charge in [-0.2, -0.15) is 0 Å². The summed E-state index contributed by atoms with van der Waals surface area (Å²) in [5.41, 5.74) is -4.24. The summed E-state index contributed by atoms with van der Waals surface area (Å²) < 4.78 is 61.5. The number of cyclic esters (lactones) is 1. The fourth-order valence-corrected chi connectivity index (χ4v) is 26.5. The van der Waals surface area contributed by atoms with Crippen molar-refractivity contribution in [3.8, 4) is 0 Å². The Hall–Kier alpha value is -5.38. The molecule has 1 N–H and O–H groups in total. The highest BCUT2D eigenvalue weighted by Gasteiger charge is 2.66. The van der Waals surface area contributed by atoms with Crippen LogP contribution in [0.1, 0.15) is 376 Å². The molecule has 0 aromatic carbocycles. The molecule has 0 aromatic heterocycles. The first-order chi connectivity index (χ1) is 58.7. The van der Waals surface area contributed by atoms with Crippen LogP contribution in [0.5, 0.6) is 0 Å². The minimum atomic E-state index is -0.687. The van der Waals surface area contributed by atoms with Crippen molar-refractivity contribution in [2.24, 2.45) is 139 Å². The smallest absolute Gasteiger partial charge is 0.347 e. The lowest BCUT2D eigenvalue weighted by Crippen LogP contribution is -2.61. The summed E-state index contributed by atoms with van der Waals surface area (Å²) in [5, 5.41) is 10.6. The molecule has 19 saturated carbocycles. The molecule has 125 heavy (non-hydrogen) atoms. The Kier molecular flexibility index (Phi) is 30.6. The highest BCUT2D eigenvalue weighted by atomic mass is 16.7. The molecule has 10 unspecified atom stereocenters. The molecular formula is C103H164O22. The zero-order chi connectivity index (χ0) is 91.2. The molecule has 2 saturated heterocycles. The van der Waals surface area contributed by atoms with Gasteiger partial charge < -0.3 is 57.2 Å². The monoisotopic (exact) mass is 1750 g/mol. The van der Waals surface area contributed by atoms with Gasteiger partial charge in [0.15, 0.2) is 13.4 Å². The fraction of sp³-hybridized carbons (Fsp3) is 0.903. The van der Waals surface area contributed by atoms with E-state index in [9.17, 15) is 53.1 Å². The van der Waals surface area contributed by atoms with Crippen molar-refractivity contribution in [2.45, 2.75) is 423 Å². The first-order valence-corrected chi connectivity index (χ1v) is 50.0. The Morgan fingerprint density at radius 1 is 0.432 bits per heavy atom. The average Bonchev–Trinajstić information content (AvgIpc) is 1.70. The van der Waals surface area contributed by atoms with Crippen molar-refractivity contribution in [1.29, 1.82) is 0 Å². The number of hydrogen-bond donors (Lipinski definition) is 1. The van der Waals surface area contributed by atoms with E-state index >= 15 is 0 Å². The van der Waals surface area contributed by atoms with E-state index in [1.54, 1.807) is 27.7 Å². The highest BCUT2D eigenvalue weighted by Crippen LogP contribution is 2.65. The zero-order valence-corrected chi connectivity index (χ0v) is 80.6. The van der Waals surface area contributed by atoms with Crippen molar-refractivity contribution < 1.29 is 105 Å². The Bertz CT molecular complexity index is 3730. The lowest BCUT2D eigenvalue weighted by molar-refractivity contribution is -0.225. The summed E-state index contributed by atoms with van der Waals surface area (Å²) in [6.07, 6.45) is 37.1. The molecule has 10 atom stereocenters. The molecule has 18 bridgehead atoms. The molecule has 21 aliphatic rings. The summed E-state index contributed by atoms with van der Waals surface area (Å²) in [4.78, 5) is 121. The minimum Gasteiger partial charge on any atom is -0.463 e. The normalized spacial score (nSPS) is 37.4. The van der Waals surface area contributed by atoms with Gasteiger partial charge in [-0.1, -0.05) is 61.8 Å². The van der Waals surface area contributed by atoms with Gasteiger partial charge in [-0.25, -0.2) is 9.59 Å². The molecule has 21 rings (SSSR count). The van der Waals surface area contributed by atoms with Gasteiger partial charge in [0.25, 0.3) is 0 Å². The third-order valence-electron chi connectivity index (χ3n) is 36.0. The molecule has 0 spiro atoms. The third-order valence-corrected chi connectivity index (χ3v) is 36.0. The first kappa shape index (κ1) is 98.7. The van der Waals surface area contributed by atoms with Gasteiger partial charge >= 0.3 is 59.7 Å². The van der Waals surface area contributed by atoms with Crippen LogP contribution in [0.4, 0.5) is 0 Å². The van der Waals surface area contributed by atoms with Crippen molar-refractivity contribution in [3.05, 3.63) is 0 Å². The van der Waals surface area contributed by atoms with Crippen LogP contribution < -0.4 is 0 Å². The molecule has 0 aromatic rings. The Balaban J connectivity index is 0.000000140. The number of aliphatic hydroxyl groups is 1. The first-order valence-electron chi connectivity index (χ1n) is 50.0. The largest absolute Gasteiger partial charge is 0.463 e. The standard InChI is InChI=1S/C29H44O5.C18H30O2.C16H22O6.C16H26O3.C14H26O2.C10H16O4/c1-4-28(2,3)26(30)34-25-22-10-19-11-23(25)14-29(12-19,13-22)27(31)33-16-32-15-24-20-6-17-5-18(8-20)9-21(24)7-17;1-5-17(3,4)16(19)20-18(6-2)14-8-12-7-13(10-14)11-15(18)9-12;1-4-16(2,3)15(19)20-7-11(17)21-12-8-5-9-10(6-8)14(18)22-13(9)12;1-4-14(2,3)13(17)19-16-8-11-5-12(9-16)7-15(18,6-11)10-16;1-5-13(3,4)12(15)16-14(6-2)10-8-7-9-11-14;1-4-10(2,3)9(12)14-7-5-6-13-8(7)11/h17-25H,4-16H2,1-3H3;12-15H,5-11H2,1-4H3;8-10,12-13H,4-7H2,1-3H3;11-12,18H,4-10H2,1-3H3;5-11H2,1-4H3;7H,4-6H2,1-3H3. The van der Waals surface area contributed by atoms with Gasteiger partial charge in [0.2, 0.25) is 6.10 Å². The summed E-state index contributed by atoms with van der Waals surface area (Å²) in [7, 11) is 0. The predicted octanol–water partition coefficient (Wildman–Crippen LogP) is 20.2. The second-order valence-corrected chi connectivity index (χ2v) is 47.1. The lowest BCUT2D eigenvalue weighted by atomic mass is 9.48. The zero-order valence-electron chi connectivity index (χ0n) is 80.6. The molecule has 2 aliphatic heterocycles. The molecule has 22 nitrogen and oxygen atoms in total. The topological polar surface area (TPSA) is 292 Å². The second kappa shape index (κ2) is 38.8. The molecule has 22 heteroatoms. The van der Waals surface area contributed by atoms with E-state index in [0.717, 1.165) is 164 Å². The molecule has 2 heterocycles. The van der Waals surface area contributed by atoms with Gasteiger partial charge in [0, 0.05) is 24.7 Å². The number of rotatable bonds is 27. The maximum atomic E-state index is 13.3. The molecule has 21 fully saturated rings. The van der Waals surface area contributed by atoms with Crippen LogP contribution in [-0.4, -0.2) is 138 Å². The van der Waals surface area contributed by atoms with E-state index in [2.05, 4.69) is 20.8 Å². The van der Waals surface area contributed by atoms with Crippen molar-refractivity contribution in [1.82, 2.24) is 0 Å². The number of carbonyl (C=O) groups is 10. The van der Waals surface area contributed by atoms with Gasteiger partial charge in [0.05, 0.1) is 62.6 Å². The van der Waals surface area contributed by atoms with E-state index in [0.29, 0.717) is 79.6 Å². The average molecular weight is 1750 g/mol. The lowest BCUT2D eigenvalue weighted by Gasteiger charge is -2.60. The Morgan fingerprint density at radius 3 is 1.39 bits per heavy atom. The fourth-order valence-electron chi connectivity index (χ4n) is 26.5. The maximum Gasteiger partial charge on any atom is 0.347 e. The van der Waals surface area contributed by atoms with Gasteiger partial charge in [-0.15, -0.1) is 0 Å². The highest BCUT2D eigenvalue weighted by molar-refractivity contribution is 5.84. The molecule has 0 radical (unpaired) electrons. The van der Waals surface area contributed by atoms with Gasteiger partial charge in [0.1, 0.15) is 35.1 Å². The van der Waals surface area contributed by atoms with Crippen LogP contribution in [0.2, 0.25) is 0 Å². The summed E-state index contributed by atoms with van der Waals surface area (Å²) in [6, 6.07) is 0. The van der Waals surface area contributed by atoms with Crippen LogP contribution in [0, 0.1) is 139 Å². The van der Waals surface area contributed by atoms with Crippen molar-refractivity contribution in [2.75, 3.05) is 26.6 Å². The molecule has 708 valence electrons. The number of hydrogen-bond acceptors (Lipinski definition) is 22. The van der Waals surface area contributed by atoms with Gasteiger partial charge in [-0.3, -0.25) is 38.4 Å². The quantitative estimate of drug-likeness (QED) is 0.0346. The number of fused-ring (bicyclic) bond motifs is 1. The maximum absolute atomic E-state index is 13.3. The second-order valence-electron chi connectivity index (χ2n) is 47.1. The third kappa shape index (κ3) is 21.7. The number of ether oxygens (including phenoxy) is 11. The van der Waals surface area contributed by atoms with Crippen LogP contribution >= 0.6 is 0 Å². The van der Waals surface area contributed by atoms with Crippen molar-refractivity contribution in [3.63, 3.8) is 0 Å². The van der Waals surface area contributed by atoms with Crippen LogP contribution in [0.25, 0.3) is 0 Å². The summed E-state index contributed by atoms with van der Waals surface area (Å²) in [6.45, 7) is 40.1. The summed E-state index contributed by atoms with van der Waals surface area (Å²) >= 11 is 0. The molecule has 19 aliphatic carbocycles. The predicted molar refractivity (Wildman–Crippen MR) is 470 cm³/mol. The number of carbonyl (C=O) groups excluding carboxylic acids is 10.